The third kappa shape index (κ3) is 3.06. The number of rotatable bonds is 3. The van der Waals surface area contributed by atoms with Gasteiger partial charge in [-0.3, -0.25) is 0 Å². The summed E-state index contributed by atoms with van der Waals surface area (Å²) in [6.45, 7) is 0.947. The molecule has 1 aromatic carbocycles. The highest BCUT2D eigenvalue weighted by molar-refractivity contribution is 7.89. The van der Waals surface area contributed by atoms with Crippen LogP contribution >= 0.6 is 23.2 Å². The van der Waals surface area contributed by atoms with Crippen LogP contribution in [0.15, 0.2) is 23.1 Å². The van der Waals surface area contributed by atoms with Gasteiger partial charge in [0.1, 0.15) is 4.90 Å². The van der Waals surface area contributed by atoms with Crippen LogP contribution in [0.5, 0.6) is 0 Å². The monoisotopic (exact) mass is 322 g/mol. The molecule has 1 heterocycles. The molecule has 1 atom stereocenters. The van der Waals surface area contributed by atoms with Gasteiger partial charge in [0, 0.05) is 19.1 Å². The molecular weight excluding hydrogens is 307 g/mol. The second kappa shape index (κ2) is 5.97. The van der Waals surface area contributed by atoms with E-state index in [0.29, 0.717) is 13.1 Å². The topological polar surface area (TPSA) is 49.4 Å². The maximum absolute atomic E-state index is 12.6. The molecule has 0 aromatic heterocycles. The summed E-state index contributed by atoms with van der Waals surface area (Å²) in [7, 11) is -1.80. The van der Waals surface area contributed by atoms with Crippen LogP contribution in [0.3, 0.4) is 0 Å². The van der Waals surface area contributed by atoms with Crippen molar-refractivity contribution < 1.29 is 8.42 Å². The minimum absolute atomic E-state index is 0.00934. The van der Waals surface area contributed by atoms with Crippen LogP contribution in [0, 0.1) is 0 Å². The molecule has 0 amide bonds. The van der Waals surface area contributed by atoms with Gasteiger partial charge in [-0.25, -0.2) is 8.42 Å². The summed E-state index contributed by atoms with van der Waals surface area (Å²) < 4.78 is 26.7. The smallest absolute Gasteiger partial charge is 0.246 e. The molecule has 1 aliphatic rings. The molecule has 1 aliphatic heterocycles. The fourth-order valence-corrected chi connectivity index (χ4v) is 4.87. The van der Waals surface area contributed by atoms with Crippen LogP contribution in [-0.2, 0) is 10.0 Å². The van der Waals surface area contributed by atoms with Crippen LogP contribution in [0.1, 0.15) is 12.8 Å². The number of hydrogen-bond donors (Lipinski definition) is 1. The third-order valence-electron chi connectivity index (χ3n) is 3.31. The number of sulfonamides is 1. The van der Waals surface area contributed by atoms with Crippen LogP contribution in [0.25, 0.3) is 0 Å². The Bertz CT molecular complexity index is 543. The number of likely N-dealkylation sites (N-methyl/N-ethyl adjacent to an activating group) is 1. The van der Waals surface area contributed by atoms with Crippen molar-refractivity contribution in [3.8, 4) is 0 Å². The number of halogens is 2. The number of hydrogen-bond acceptors (Lipinski definition) is 3. The summed E-state index contributed by atoms with van der Waals surface area (Å²) in [5.74, 6) is 0. The molecule has 0 bridgehead atoms. The average molecular weight is 323 g/mol. The Morgan fingerprint density at radius 3 is 2.53 bits per heavy atom. The largest absolute Gasteiger partial charge is 0.316 e. The third-order valence-corrected chi connectivity index (χ3v) is 6.13. The zero-order valence-electron chi connectivity index (χ0n) is 10.6. The van der Waals surface area contributed by atoms with E-state index in [2.05, 4.69) is 5.32 Å². The zero-order chi connectivity index (χ0) is 14.0. The van der Waals surface area contributed by atoms with E-state index in [-0.39, 0.29) is 21.0 Å². The van der Waals surface area contributed by atoms with Crippen molar-refractivity contribution in [1.29, 1.82) is 0 Å². The van der Waals surface area contributed by atoms with E-state index < -0.39 is 10.0 Å². The lowest BCUT2D eigenvalue weighted by Gasteiger charge is -2.32. The maximum atomic E-state index is 12.6. The molecule has 0 aliphatic carbocycles. The van der Waals surface area contributed by atoms with Crippen LogP contribution < -0.4 is 5.32 Å². The SMILES string of the molecule is CNC1CCCN(S(=O)(=O)c2c(Cl)cccc2Cl)C1. The molecule has 4 nitrogen and oxygen atoms in total. The Labute approximate surface area is 123 Å². The predicted octanol–water partition coefficient (Wildman–Crippen LogP) is 2.37. The van der Waals surface area contributed by atoms with E-state index in [9.17, 15) is 8.42 Å². The first-order chi connectivity index (χ1) is 8.96. The average Bonchev–Trinajstić information content (AvgIpc) is 2.38. The summed E-state index contributed by atoms with van der Waals surface area (Å²) in [6, 6.07) is 4.89. The lowest BCUT2D eigenvalue weighted by molar-refractivity contribution is 0.293. The minimum Gasteiger partial charge on any atom is -0.316 e. The molecule has 1 saturated heterocycles. The Balaban J connectivity index is 2.37. The molecule has 0 radical (unpaired) electrons. The molecule has 106 valence electrons. The molecule has 0 spiro atoms. The Morgan fingerprint density at radius 2 is 1.95 bits per heavy atom. The summed E-state index contributed by atoms with van der Waals surface area (Å²) >= 11 is 12.0. The van der Waals surface area contributed by atoms with Gasteiger partial charge in [0.2, 0.25) is 10.0 Å². The number of nitrogens with one attached hydrogen (secondary N) is 1. The molecule has 7 heteroatoms. The van der Waals surface area contributed by atoms with Crippen LogP contribution in [0.2, 0.25) is 10.0 Å². The van der Waals surface area contributed by atoms with E-state index in [4.69, 9.17) is 23.2 Å². The van der Waals surface area contributed by atoms with Gasteiger partial charge < -0.3 is 5.32 Å². The minimum atomic E-state index is -3.64. The van der Waals surface area contributed by atoms with Gasteiger partial charge in [-0.15, -0.1) is 0 Å². The molecule has 19 heavy (non-hydrogen) atoms. The van der Waals surface area contributed by atoms with Gasteiger partial charge in [0.15, 0.2) is 0 Å². The van der Waals surface area contributed by atoms with Gasteiger partial charge in [-0.05, 0) is 32.0 Å². The standard InChI is InChI=1S/C12H16Cl2N2O2S/c1-15-9-4-3-7-16(8-9)19(17,18)12-10(13)5-2-6-11(12)14/h2,5-6,9,15H,3-4,7-8H2,1H3. The molecule has 0 saturated carbocycles. The van der Waals surface area contributed by atoms with Gasteiger partial charge in [-0.2, -0.15) is 4.31 Å². The predicted molar refractivity (Wildman–Crippen MR) is 77.3 cm³/mol. The van der Waals surface area contributed by atoms with Gasteiger partial charge in [-0.1, -0.05) is 29.3 Å². The lowest BCUT2D eigenvalue weighted by atomic mass is 10.1. The van der Waals surface area contributed by atoms with E-state index in [1.165, 1.54) is 4.31 Å². The highest BCUT2D eigenvalue weighted by Gasteiger charge is 2.32. The molecule has 1 fully saturated rings. The highest BCUT2D eigenvalue weighted by Crippen LogP contribution is 2.32. The Morgan fingerprint density at radius 1 is 1.32 bits per heavy atom. The van der Waals surface area contributed by atoms with Gasteiger partial charge in [0.05, 0.1) is 10.0 Å². The molecule has 1 N–H and O–H groups in total. The maximum Gasteiger partial charge on any atom is 0.246 e. The normalized spacial score (nSPS) is 21.5. The van der Waals surface area contributed by atoms with Crippen molar-refractivity contribution >= 4 is 33.2 Å². The molecular formula is C12H16Cl2N2O2S. The summed E-state index contributed by atoms with van der Waals surface area (Å²) in [4.78, 5) is 0.00934. The number of piperidine rings is 1. The fraction of sp³-hybridized carbons (Fsp3) is 0.500. The zero-order valence-corrected chi connectivity index (χ0v) is 12.9. The number of benzene rings is 1. The second-order valence-electron chi connectivity index (χ2n) is 4.54. The van der Waals surface area contributed by atoms with E-state index in [1.54, 1.807) is 18.2 Å². The van der Waals surface area contributed by atoms with Crippen molar-refractivity contribution in [2.75, 3.05) is 20.1 Å². The van der Waals surface area contributed by atoms with E-state index in [0.717, 1.165) is 12.8 Å². The van der Waals surface area contributed by atoms with Crippen molar-refractivity contribution in [3.63, 3.8) is 0 Å². The Kier molecular flexibility index (Phi) is 4.74. The first-order valence-electron chi connectivity index (χ1n) is 6.08. The van der Waals surface area contributed by atoms with Gasteiger partial charge >= 0.3 is 0 Å². The number of nitrogens with zero attached hydrogens (tertiary/aromatic N) is 1. The lowest BCUT2D eigenvalue weighted by Crippen LogP contribution is -2.46. The van der Waals surface area contributed by atoms with Crippen molar-refractivity contribution in [1.82, 2.24) is 9.62 Å². The molecule has 2 rings (SSSR count). The van der Waals surface area contributed by atoms with Crippen LogP contribution in [-0.4, -0.2) is 38.9 Å². The first kappa shape index (κ1) is 15.1. The summed E-state index contributed by atoms with van der Waals surface area (Å²) in [5, 5.41) is 3.45. The second-order valence-corrected chi connectivity index (χ2v) is 7.23. The molecule has 1 aromatic rings. The van der Waals surface area contributed by atoms with Crippen molar-refractivity contribution in [3.05, 3.63) is 28.2 Å². The summed E-state index contributed by atoms with van der Waals surface area (Å²) in [5.41, 5.74) is 0. The summed E-state index contributed by atoms with van der Waals surface area (Å²) in [6.07, 6.45) is 1.80. The Hall–Kier alpha value is -0.330. The fourth-order valence-electron chi connectivity index (χ4n) is 2.25. The quantitative estimate of drug-likeness (QED) is 0.929. The van der Waals surface area contributed by atoms with Crippen molar-refractivity contribution in [2.45, 2.75) is 23.8 Å². The van der Waals surface area contributed by atoms with E-state index in [1.807, 2.05) is 7.05 Å². The molecule has 1 unspecified atom stereocenters. The van der Waals surface area contributed by atoms with E-state index >= 15 is 0 Å². The van der Waals surface area contributed by atoms with Gasteiger partial charge in [0.25, 0.3) is 0 Å². The highest BCUT2D eigenvalue weighted by atomic mass is 35.5. The van der Waals surface area contributed by atoms with Crippen molar-refractivity contribution in [2.24, 2.45) is 0 Å². The van der Waals surface area contributed by atoms with Crippen LogP contribution in [0.4, 0.5) is 0 Å². The first-order valence-corrected chi connectivity index (χ1v) is 8.28.